The minimum absolute atomic E-state index is 0.301. The maximum absolute atomic E-state index is 11.3. The first kappa shape index (κ1) is 20.3. The number of hydrogen-bond acceptors (Lipinski definition) is 4. The number of rotatable bonds is 9. The fourth-order valence-electron chi connectivity index (χ4n) is 3.12. The number of methoxy groups -OCH3 is 1. The van der Waals surface area contributed by atoms with Crippen LogP contribution in [0, 0.1) is 6.92 Å². The lowest BCUT2D eigenvalue weighted by molar-refractivity contribution is 0.0696. The Morgan fingerprint density at radius 1 is 0.966 bits per heavy atom. The number of carbonyl (C=O) groups is 1. The molecule has 150 valence electrons. The van der Waals surface area contributed by atoms with E-state index in [4.69, 9.17) is 9.47 Å². The van der Waals surface area contributed by atoms with E-state index in [1.165, 1.54) is 5.56 Å². The number of carboxylic acids is 1. The van der Waals surface area contributed by atoms with E-state index in [0.29, 0.717) is 35.8 Å². The lowest BCUT2D eigenvalue weighted by Crippen LogP contribution is -2.06. The lowest BCUT2D eigenvalue weighted by Gasteiger charge is -2.14. The third kappa shape index (κ3) is 5.29. The largest absolute Gasteiger partial charge is 0.493 e. The van der Waals surface area contributed by atoms with Gasteiger partial charge in [0.25, 0.3) is 0 Å². The summed E-state index contributed by atoms with van der Waals surface area (Å²) in [5.41, 5.74) is 4.05. The molecule has 0 aromatic heterocycles. The predicted octanol–water partition coefficient (Wildman–Crippen LogP) is 4.94. The minimum atomic E-state index is -0.926. The quantitative estimate of drug-likeness (QED) is 0.541. The first-order valence-electron chi connectivity index (χ1n) is 9.49. The van der Waals surface area contributed by atoms with Crippen LogP contribution in [0.5, 0.6) is 11.5 Å². The number of nitrogens with one attached hydrogen (secondary N) is 1. The van der Waals surface area contributed by atoms with Gasteiger partial charge in [-0.25, -0.2) is 4.79 Å². The molecule has 0 radical (unpaired) electrons. The van der Waals surface area contributed by atoms with Crippen LogP contribution < -0.4 is 14.8 Å². The highest BCUT2D eigenvalue weighted by atomic mass is 16.5. The molecular formula is C24H25NO4. The van der Waals surface area contributed by atoms with E-state index in [1.54, 1.807) is 26.2 Å². The van der Waals surface area contributed by atoms with E-state index in [9.17, 15) is 9.90 Å². The zero-order chi connectivity index (χ0) is 20.6. The molecular weight excluding hydrogens is 366 g/mol. The van der Waals surface area contributed by atoms with Gasteiger partial charge in [-0.1, -0.05) is 42.5 Å². The van der Waals surface area contributed by atoms with Gasteiger partial charge in [-0.3, -0.25) is 0 Å². The van der Waals surface area contributed by atoms with Crippen molar-refractivity contribution < 1.29 is 19.4 Å². The van der Waals surface area contributed by atoms with Crippen LogP contribution >= 0.6 is 0 Å². The summed E-state index contributed by atoms with van der Waals surface area (Å²) >= 11 is 0. The van der Waals surface area contributed by atoms with Crippen molar-refractivity contribution >= 4 is 11.7 Å². The fourth-order valence-corrected chi connectivity index (χ4v) is 3.12. The molecule has 29 heavy (non-hydrogen) atoms. The first-order chi connectivity index (χ1) is 14.1. The zero-order valence-electron chi connectivity index (χ0n) is 16.6. The average Bonchev–Trinajstić information content (AvgIpc) is 2.74. The molecule has 0 bridgehead atoms. The molecule has 0 heterocycles. The summed E-state index contributed by atoms with van der Waals surface area (Å²) in [6, 6.07) is 21.2. The molecule has 5 heteroatoms. The molecule has 0 saturated heterocycles. The normalized spacial score (nSPS) is 10.4. The molecule has 0 atom stereocenters. The molecule has 0 fully saturated rings. The third-order valence-electron chi connectivity index (χ3n) is 4.77. The van der Waals surface area contributed by atoms with Crippen molar-refractivity contribution in [2.45, 2.75) is 19.9 Å². The SMILES string of the molecule is COc1cc(CNc2cccc(C(=O)O)c2C)ccc1OCCc1ccccc1. The third-order valence-corrected chi connectivity index (χ3v) is 4.77. The molecule has 5 nitrogen and oxygen atoms in total. The fraction of sp³-hybridized carbons (Fsp3) is 0.208. The van der Waals surface area contributed by atoms with Gasteiger partial charge >= 0.3 is 5.97 Å². The minimum Gasteiger partial charge on any atom is -0.493 e. The smallest absolute Gasteiger partial charge is 0.336 e. The van der Waals surface area contributed by atoms with Crippen molar-refractivity contribution in [3.63, 3.8) is 0 Å². The van der Waals surface area contributed by atoms with Gasteiger partial charge in [-0.15, -0.1) is 0 Å². The standard InChI is InChI=1S/C24H25NO4/c1-17-20(24(26)27)9-6-10-21(17)25-16-19-11-12-22(23(15-19)28-2)29-14-13-18-7-4-3-5-8-18/h3-12,15,25H,13-14,16H2,1-2H3,(H,26,27). The first-order valence-corrected chi connectivity index (χ1v) is 9.49. The average molecular weight is 391 g/mol. The highest BCUT2D eigenvalue weighted by Gasteiger charge is 2.11. The summed E-state index contributed by atoms with van der Waals surface area (Å²) in [4.78, 5) is 11.3. The van der Waals surface area contributed by atoms with Gasteiger partial charge in [0, 0.05) is 18.7 Å². The van der Waals surface area contributed by atoms with Crippen molar-refractivity contribution in [3.05, 3.63) is 89.0 Å². The summed E-state index contributed by atoms with van der Waals surface area (Å²) in [5, 5.41) is 12.6. The van der Waals surface area contributed by atoms with Crippen molar-refractivity contribution in [2.75, 3.05) is 19.0 Å². The topological polar surface area (TPSA) is 67.8 Å². The molecule has 0 amide bonds. The van der Waals surface area contributed by atoms with Crippen LogP contribution in [0.15, 0.2) is 66.7 Å². The zero-order valence-corrected chi connectivity index (χ0v) is 16.6. The Balaban J connectivity index is 1.63. The van der Waals surface area contributed by atoms with Gasteiger partial charge in [0.15, 0.2) is 11.5 Å². The maximum Gasteiger partial charge on any atom is 0.336 e. The van der Waals surface area contributed by atoms with Crippen molar-refractivity contribution in [2.24, 2.45) is 0 Å². The Bertz CT molecular complexity index is 970. The number of aromatic carboxylic acids is 1. The summed E-state index contributed by atoms with van der Waals surface area (Å²) in [6.07, 6.45) is 0.826. The second-order valence-corrected chi connectivity index (χ2v) is 6.71. The number of carboxylic acid groups (broad SMARTS) is 1. The molecule has 0 aliphatic heterocycles. The Morgan fingerprint density at radius 3 is 2.48 bits per heavy atom. The van der Waals surface area contributed by atoms with Gasteiger partial charge in [-0.2, -0.15) is 0 Å². The summed E-state index contributed by atoms with van der Waals surface area (Å²) in [5.74, 6) is 0.453. The van der Waals surface area contributed by atoms with Crippen LogP contribution in [0.1, 0.15) is 27.0 Å². The number of ether oxygens (including phenoxy) is 2. The van der Waals surface area contributed by atoms with Crippen LogP contribution in [0.2, 0.25) is 0 Å². The summed E-state index contributed by atoms with van der Waals surface area (Å²) in [7, 11) is 1.62. The van der Waals surface area contributed by atoms with E-state index in [0.717, 1.165) is 17.7 Å². The van der Waals surface area contributed by atoms with Crippen LogP contribution in [0.4, 0.5) is 5.69 Å². The van der Waals surface area contributed by atoms with Crippen LogP contribution in [-0.2, 0) is 13.0 Å². The maximum atomic E-state index is 11.3. The van der Waals surface area contributed by atoms with Gasteiger partial charge < -0.3 is 19.9 Å². The van der Waals surface area contributed by atoms with E-state index >= 15 is 0 Å². The molecule has 3 aromatic carbocycles. The van der Waals surface area contributed by atoms with Gasteiger partial charge in [0.2, 0.25) is 0 Å². The second kappa shape index (κ2) is 9.64. The lowest BCUT2D eigenvalue weighted by atomic mass is 10.1. The van der Waals surface area contributed by atoms with Gasteiger partial charge in [-0.05, 0) is 47.9 Å². The van der Waals surface area contributed by atoms with E-state index in [2.05, 4.69) is 17.4 Å². The Labute approximate surface area is 170 Å². The molecule has 2 N–H and O–H groups in total. The van der Waals surface area contributed by atoms with Gasteiger partial charge in [0.05, 0.1) is 19.3 Å². The Hall–Kier alpha value is -3.47. The van der Waals surface area contributed by atoms with Crippen LogP contribution in [0.3, 0.4) is 0 Å². The summed E-state index contributed by atoms with van der Waals surface area (Å²) in [6.45, 7) is 2.92. The predicted molar refractivity (Wildman–Crippen MR) is 114 cm³/mol. The van der Waals surface area contributed by atoms with E-state index in [-0.39, 0.29) is 0 Å². The van der Waals surface area contributed by atoms with E-state index in [1.807, 2.05) is 42.5 Å². The Kier molecular flexibility index (Phi) is 6.74. The molecule has 0 saturated carbocycles. The molecule has 3 rings (SSSR count). The molecule has 0 aliphatic carbocycles. The van der Waals surface area contributed by atoms with Crippen molar-refractivity contribution in [3.8, 4) is 11.5 Å². The van der Waals surface area contributed by atoms with Crippen molar-refractivity contribution in [1.29, 1.82) is 0 Å². The molecule has 0 spiro atoms. The van der Waals surface area contributed by atoms with Crippen LogP contribution in [-0.4, -0.2) is 24.8 Å². The second-order valence-electron chi connectivity index (χ2n) is 6.71. The number of benzene rings is 3. The number of hydrogen-bond donors (Lipinski definition) is 2. The van der Waals surface area contributed by atoms with Crippen LogP contribution in [0.25, 0.3) is 0 Å². The van der Waals surface area contributed by atoms with Crippen molar-refractivity contribution in [1.82, 2.24) is 0 Å². The van der Waals surface area contributed by atoms with E-state index < -0.39 is 5.97 Å². The molecule has 0 unspecified atom stereocenters. The molecule has 0 aliphatic rings. The summed E-state index contributed by atoms with van der Waals surface area (Å²) < 4.78 is 11.4. The number of anilines is 1. The molecule has 3 aromatic rings. The monoisotopic (exact) mass is 391 g/mol. The highest BCUT2D eigenvalue weighted by molar-refractivity contribution is 5.91. The Morgan fingerprint density at radius 2 is 1.76 bits per heavy atom. The van der Waals surface area contributed by atoms with Gasteiger partial charge in [0.1, 0.15) is 0 Å². The highest BCUT2D eigenvalue weighted by Crippen LogP contribution is 2.29.